The number of hydrogen-bond donors (Lipinski definition) is 2. The van der Waals surface area contributed by atoms with Crippen LogP contribution >= 0.6 is 0 Å². The van der Waals surface area contributed by atoms with E-state index >= 15 is 0 Å². The molecule has 2 rings (SSSR count). The van der Waals surface area contributed by atoms with E-state index < -0.39 is 0 Å². The van der Waals surface area contributed by atoms with E-state index in [-0.39, 0.29) is 0 Å². The van der Waals surface area contributed by atoms with Crippen molar-refractivity contribution in [2.24, 2.45) is 0 Å². The van der Waals surface area contributed by atoms with Gasteiger partial charge in [-0.2, -0.15) is 0 Å². The highest BCUT2D eigenvalue weighted by Gasteiger charge is 2.03. The molecule has 1 aromatic heterocycles. The molecule has 4 nitrogen and oxygen atoms in total. The maximum atomic E-state index is 5.81. The molecule has 0 saturated carbocycles. The molecule has 0 bridgehead atoms. The third kappa shape index (κ3) is 2.97. The van der Waals surface area contributed by atoms with Crippen molar-refractivity contribution in [3.63, 3.8) is 0 Å². The molecule has 1 aromatic carbocycles. The fourth-order valence-corrected chi connectivity index (χ4v) is 1.69. The van der Waals surface area contributed by atoms with Gasteiger partial charge in [0.25, 0.3) is 0 Å². The first-order valence-electron chi connectivity index (χ1n) is 6.00. The van der Waals surface area contributed by atoms with Gasteiger partial charge in [0, 0.05) is 11.8 Å². The van der Waals surface area contributed by atoms with Gasteiger partial charge in [-0.3, -0.25) is 0 Å². The predicted molar refractivity (Wildman–Crippen MR) is 72.8 cm³/mol. The molecular weight excluding hydrogens is 228 g/mol. The second-order valence-corrected chi connectivity index (χ2v) is 4.05. The van der Waals surface area contributed by atoms with E-state index in [1.807, 2.05) is 44.2 Å². The molecule has 0 atom stereocenters. The Bertz CT molecular complexity index is 520. The van der Waals surface area contributed by atoms with Gasteiger partial charge in [-0.05, 0) is 38.1 Å². The van der Waals surface area contributed by atoms with Crippen LogP contribution in [0.15, 0.2) is 34.7 Å². The predicted octanol–water partition coefficient (Wildman–Crippen LogP) is 3.18. The summed E-state index contributed by atoms with van der Waals surface area (Å²) in [4.78, 5) is 0. The Hall–Kier alpha value is -2.10. The van der Waals surface area contributed by atoms with E-state index in [0.717, 1.165) is 17.2 Å². The number of ether oxygens (including phenoxy) is 1. The van der Waals surface area contributed by atoms with Gasteiger partial charge in [-0.15, -0.1) is 0 Å². The zero-order valence-corrected chi connectivity index (χ0v) is 10.7. The van der Waals surface area contributed by atoms with Gasteiger partial charge in [0.05, 0.1) is 18.8 Å². The minimum atomic E-state index is 0.602. The smallest absolute Gasteiger partial charge is 0.144 e. The Morgan fingerprint density at radius 3 is 2.78 bits per heavy atom. The van der Waals surface area contributed by atoms with E-state index in [1.54, 1.807) is 0 Å². The van der Waals surface area contributed by atoms with Crippen LogP contribution in [0, 0.1) is 6.92 Å². The zero-order chi connectivity index (χ0) is 13.0. The molecule has 0 aliphatic heterocycles. The summed E-state index contributed by atoms with van der Waals surface area (Å²) in [5.74, 6) is 2.53. The average Bonchev–Trinajstić information content (AvgIpc) is 2.76. The van der Waals surface area contributed by atoms with Crippen LogP contribution in [0.1, 0.15) is 18.4 Å². The second kappa shape index (κ2) is 5.49. The number of benzene rings is 1. The van der Waals surface area contributed by atoms with Crippen LogP contribution in [0.5, 0.6) is 5.75 Å². The van der Waals surface area contributed by atoms with Gasteiger partial charge < -0.3 is 20.2 Å². The Kier molecular flexibility index (Phi) is 3.77. The lowest BCUT2D eigenvalue weighted by Gasteiger charge is -2.10. The number of nitrogen functional groups attached to an aromatic ring is 1. The summed E-state index contributed by atoms with van der Waals surface area (Å²) >= 11 is 0. The molecule has 4 heteroatoms. The number of hydrogen-bond acceptors (Lipinski definition) is 4. The molecular formula is C14H18N2O2. The van der Waals surface area contributed by atoms with Crippen molar-refractivity contribution >= 4 is 11.4 Å². The van der Waals surface area contributed by atoms with Crippen molar-refractivity contribution in [2.45, 2.75) is 20.4 Å². The number of nitrogens with two attached hydrogens (primary N) is 1. The molecule has 1 heterocycles. The van der Waals surface area contributed by atoms with Crippen LogP contribution in [0.4, 0.5) is 11.4 Å². The van der Waals surface area contributed by atoms with Crippen molar-refractivity contribution < 1.29 is 9.15 Å². The fraction of sp³-hybridized carbons (Fsp3) is 0.286. The Morgan fingerprint density at radius 2 is 2.11 bits per heavy atom. The molecule has 0 fully saturated rings. The van der Waals surface area contributed by atoms with E-state index in [4.69, 9.17) is 14.9 Å². The van der Waals surface area contributed by atoms with E-state index in [9.17, 15) is 0 Å². The summed E-state index contributed by atoms with van der Waals surface area (Å²) in [6.45, 7) is 5.11. The van der Waals surface area contributed by atoms with Gasteiger partial charge in [0.2, 0.25) is 0 Å². The monoisotopic (exact) mass is 246 g/mol. The minimum Gasteiger partial charge on any atom is -0.492 e. The highest BCUT2D eigenvalue weighted by molar-refractivity contribution is 5.61. The number of rotatable bonds is 5. The normalized spacial score (nSPS) is 10.3. The van der Waals surface area contributed by atoms with Crippen molar-refractivity contribution in [1.82, 2.24) is 0 Å². The lowest BCUT2D eigenvalue weighted by atomic mass is 10.2. The summed E-state index contributed by atoms with van der Waals surface area (Å²) < 4.78 is 10.9. The van der Waals surface area contributed by atoms with Crippen LogP contribution in [0.3, 0.4) is 0 Å². The average molecular weight is 246 g/mol. The van der Waals surface area contributed by atoms with Gasteiger partial charge in [0.15, 0.2) is 0 Å². The highest BCUT2D eigenvalue weighted by Crippen LogP contribution is 2.25. The number of furan rings is 1. The molecule has 0 amide bonds. The summed E-state index contributed by atoms with van der Waals surface area (Å²) in [6.07, 6.45) is 0. The van der Waals surface area contributed by atoms with Crippen molar-refractivity contribution in [1.29, 1.82) is 0 Å². The van der Waals surface area contributed by atoms with Crippen LogP contribution in [0.2, 0.25) is 0 Å². The second-order valence-electron chi connectivity index (χ2n) is 4.05. The van der Waals surface area contributed by atoms with Gasteiger partial charge in [-0.1, -0.05) is 0 Å². The molecule has 2 aromatic rings. The number of anilines is 2. The largest absolute Gasteiger partial charge is 0.492 e. The van der Waals surface area contributed by atoms with E-state index in [1.165, 1.54) is 0 Å². The van der Waals surface area contributed by atoms with Crippen LogP contribution in [-0.4, -0.2) is 6.61 Å². The zero-order valence-electron chi connectivity index (χ0n) is 10.7. The van der Waals surface area contributed by atoms with Gasteiger partial charge >= 0.3 is 0 Å². The summed E-state index contributed by atoms with van der Waals surface area (Å²) in [5, 5.41) is 3.27. The Morgan fingerprint density at radius 1 is 1.28 bits per heavy atom. The highest BCUT2D eigenvalue weighted by atomic mass is 16.5. The molecule has 0 radical (unpaired) electrons. The van der Waals surface area contributed by atoms with E-state index in [2.05, 4.69) is 5.32 Å². The molecule has 18 heavy (non-hydrogen) atoms. The molecule has 0 spiro atoms. The van der Waals surface area contributed by atoms with Crippen molar-refractivity contribution in [3.8, 4) is 5.75 Å². The lowest BCUT2D eigenvalue weighted by molar-refractivity contribution is 0.342. The lowest BCUT2D eigenvalue weighted by Crippen LogP contribution is -2.01. The molecule has 0 aliphatic rings. The molecule has 0 unspecified atom stereocenters. The summed E-state index contributed by atoms with van der Waals surface area (Å²) in [5.41, 5.74) is 7.42. The topological polar surface area (TPSA) is 60.4 Å². The minimum absolute atomic E-state index is 0.602. The van der Waals surface area contributed by atoms with Crippen LogP contribution in [0.25, 0.3) is 0 Å². The third-order valence-electron chi connectivity index (χ3n) is 2.58. The first-order chi connectivity index (χ1) is 8.69. The molecule has 0 saturated heterocycles. The van der Waals surface area contributed by atoms with Crippen LogP contribution < -0.4 is 15.8 Å². The molecule has 3 N–H and O–H groups in total. The first-order valence-corrected chi connectivity index (χ1v) is 6.00. The number of nitrogens with one attached hydrogen (secondary N) is 1. The fourth-order valence-electron chi connectivity index (χ4n) is 1.69. The molecule has 96 valence electrons. The van der Waals surface area contributed by atoms with Gasteiger partial charge in [0.1, 0.15) is 17.3 Å². The molecule has 0 aliphatic carbocycles. The SMILES string of the molecule is CCOc1cc(NCc2ccc(C)o2)ccc1N. The maximum absolute atomic E-state index is 5.81. The van der Waals surface area contributed by atoms with Crippen molar-refractivity contribution in [2.75, 3.05) is 17.7 Å². The van der Waals surface area contributed by atoms with E-state index in [0.29, 0.717) is 24.6 Å². The number of aryl methyl sites for hydroxylation is 1. The van der Waals surface area contributed by atoms with Crippen LogP contribution in [-0.2, 0) is 6.54 Å². The quantitative estimate of drug-likeness (QED) is 0.795. The Balaban J connectivity index is 2.03. The van der Waals surface area contributed by atoms with Crippen molar-refractivity contribution in [3.05, 3.63) is 41.9 Å². The maximum Gasteiger partial charge on any atom is 0.144 e. The summed E-state index contributed by atoms with van der Waals surface area (Å²) in [7, 11) is 0. The van der Waals surface area contributed by atoms with Gasteiger partial charge in [-0.25, -0.2) is 0 Å². The standard InChI is InChI=1S/C14H18N2O2/c1-3-17-14-8-11(5-7-13(14)15)16-9-12-6-4-10(2)18-12/h4-8,16H,3,9,15H2,1-2H3. The third-order valence-corrected chi connectivity index (χ3v) is 2.58. The summed E-state index contributed by atoms with van der Waals surface area (Å²) in [6, 6.07) is 9.57. The Labute approximate surface area is 107 Å². The first kappa shape index (κ1) is 12.4.